The molecule has 72 valence electrons. The fraction of sp³-hybridized carbons (Fsp3) is 1.00. The van der Waals surface area contributed by atoms with Gasteiger partial charge in [-0.2, -0.15) is 0 Å². The molecule has 0 radical (unpaired) electrons. The summed E-state index contributed by atoms with van der Waals surface area (Å²) in [4.78, 5) is 0. The van der Waals surface area contributed by atoms with Gasteiger partial charge in [0.15, 0.2) is 0 Å². The molecule has 0 bridgehead atoms. The zero-order chi connectivity index (χ0) is 9.54. The van der Waals surface area contributed by atoms with Crippen LogP contribution in [0.5, 0.6) is 0 Å². The molecule has 0 aliphatic carbocycles. The van der Waals surface area contributed by atoms with Gasteiger partial charge in [0.1, 0.15) is 0 Å². The second-order valence-corrected chi connectivity index (χ2v) is 4.10. The Morgan fingerprint density at radius 1 is 0.818 bits per heavy atom. The molecular formula is C9H24S2. The minimum absolute atomic E-state index is 1.24. The summed E-state index contributed by atoms with van der Waals surface area (Å²) in [6, 6.07) is 0. The zero-order valence-corrected chi connectivity index (χ0v) is 10.6. The van der Waals surface area contributed by atoms with Gasteiger partial charge in [0, 0.05) is 11.5 Å². The minimum Gasteiger partial charge on any atom is -0.0944 e. The number of hydrogen-bond donors (Lipinski definition) is 0. The monoisotopic (exact) mass is 196 g/mol. The topological polar surface area (TPSA) is 0 Å². The van der Waals surface area contributed by atoms with Gasteiger partial charge >= 0.3 is 0 Å². The van der Waals surface area contributed by atoms with Gasteiger partial charge in [-0.15, -0.1) is 0 Å². The maximum Gasteiger partial charge on any atom is 0.00343 e. The summed E-state index contributed by atoms with van der Waals surface area (Å²) < 4.78 is 0. The highest BCUT2D eigenvalue weighted by Crippen LogP contribution is 2.20. The summed E-state index contributed by atoms with van der Waals surface area (Å²) in [5.41, 5.74) is 0. The van der Waals surface area contributed by atoms with Gasteiger partial charge in [-0.1, -0.05) is 63.1 Å². The fourth-order valence-electron chi connectivity index (χ4n) is 0.226. The summed E-state index contributed by atoms with van der Waals surface area (Å²) >= 11 is 0. The van der Waals surface area contributed by atoms with Crippen LogP contribution in [-0.4, -0.2) is 11.5 Å². The van der Waals surface area contributed by atoms with E-state index < -0.39 is 0 Å². The van der Waals surface area contributed by atoms with E-state index in [-0.39, 0.29) is 0 Å². The molecule has 0 aromatic carbocycles. The van der Waals surface area contributed by atoms with Crippen LogP contribution in [0.1, 0.15) is 48.0 Å². The molecule has 0 heterocycles. The van der Waals surface area contributed by atoms with Crippen LogP contribution >= 0.6 is 21.6 Å². The third-order valence-electron chi connectivity index (χ3n) is 0.489. The van der Waals surface area contributed by atoms with Crippen molar-refractivity contribution in [3.05, 3.63) is 0 Å². The SMILES string of the molecule is CC.CC.CCCSSCC. The lowest BCUT2D eigenvalue weighted by molar-refractivity contribution is 1.11. The van der Waals surface area contributed by atoms with E-state index in [0.29, 0.717) is 0 Å². The quantitative estimate of drug-likeness (QED) is 0.466. The van der Waals surface area contributed by atoms with Crippen molar-refractivity contribution in [2.24, 2.45) is 0 Å². The normalized spacial score (nSPS) is 7.09. The van der Waals surface area contributed by atoms with Crippen LogP contribution in [0.15, 0.2) is 0 Å². The molecule has 0 unspecified atom stereocenters. The maximum absolute atomic E-state index is 2.21. The average Bonchev–Trinajstić information content (AvgIpc) is 2.13. The summed E-state index contributed by atoms with van der Waals surface area (Å²) in [6.07, 6.45) is 1.30. The Kier molecular flexibility index (Phi) is 49.9. The molecule has 0 aromatic rings. The first-order valence-electron chi connectivity index (χ1n) is 4.66. The van der Waals surface area contributed by atoms with Gasteiger partial charge in [0.25, 0.3) is 0 Å². The van der Waals surface area contributed by atoms with Crippen LogP contribution in [0.2, 0.25) is 0 Å². The van der Waals surface area contributed by atoms with Crippen LogP contribution in [0.25, 0.3) is 0 Å². The van der Waals surface area contributed by atoms with E-state index in [2.05, 4.69) is 13.8 Å². The molecule has 0 atom stereocenters. The highest BCUT2D eigenvalue weighted by atomic mass is 33.1. The van der Waals surface area contributed by atoms with Gasteiger partial charge in [0.2, 0.25) is 0 Å². The largest absolute Gasteiger partial charge is 0.0944 e. The summed E-state index contributed by atoms with van der Waals surface area (Å²) in [6.45, 7) is 12.4. The predicted octanol–water partition coefficient (Wildman–Crippen LogP) is 4.85. The van der Waals surface area contributed by atoms with Crippen LogP contribution < -0.4 is 0 Å². The Balaban J connectivity index is -0.000000138. The van der Waals surface area contributed by atoms with E-state index in [1.807, 2.05) is 49.3 Å². The highest BCUT2D eigenvalue weighted by Gasteiger charge is 1.80. The van der Waals surface area contributed by atoms with Crippen LogP contribution in [0.4, 0.5) is 0 Å². The van der Waals surface area contributed by atoms with Crippen LogP contribution in [0, 0.1) is 0 Å². The van der Waals surface area contributed by atoms with Gasteiger partial charge in [-0.05, 0) is 6.42 Å². The lowest BCUT2D eigenvalue weighted by Crippen LogP contribution is -1.67. The molecule has 0 fully saturated rings. The first-order valence-corrected chi connectivity index (χ1v) is 7.15. The van der Waals surface area contributed by atoms with E-state index in [1.54, 1.807) is 0 Å². The lowest BCUT2D eigenvalue weighted by Gasteiger charge is -1.90. The molecule has 0 aromatic heterocycles. The van der Waals surface area contributed by atoms with E-state index in [9.17, 15) is 0 Å². The van der Waals surface area contributed by atoms with Crippen molar-refractivity contribution in [3.63, 3.8) is 0 Å². The second-order valence-electron chi connectivity index (χ2n) is 1.23. The van der Waals surface area contributed by atoms with Gasteiger partial charge < -0.3 is 0 Å². The first-order chi connectivity index (χ1) is 5.41. The molecule has 0 aliphatic heterocycles. The zero-order valence-electron chi connectivity index (χ0n) is 8.94. The van der Waals surface area contributed by atoms with Crippen molar-refractivity contribution in [2.45, 2.75) is 48.0 Å². The molecule has 0 N–H and O–H groups in total. The summed E-state index contributed by atoms with van der Waals surface area (Å²) in [5, 5.41) is 0. The van der Waals surface area contributed by atoms with Crippen molar-refractivity contribution in [1.82, 2.24) is 0 Å². The third-order valence-corrected chi connectivity index (χ3v) is 3.17. The van der Waals surface area contributed by atoms with Gasteiger partial charge in [0.05, 0.1) is 0 Å². The molecule has 0 saturated heterocycles. The third kappa shape index (κ3) is 36.7. The van der Waals surface area contributed by atoms with Crippen molar-refractivity contribution in [1.29, 1.82) is 0 Å². The average molecular weight is 196 g/mol. The molecule has 11 heavy (non-hydrogen) atoms. The predicted molar refractivity (Wildman–Crippen MR) is 63.6 cm³/mol. The van der Waals surface area contributed by atoms with Gasteiger partial charge in [-0.3, -0.25) is 0 Å². The molecule has 0 amide bonds. The smallest absolute Gasteiger partial charge is 0.00343 e. The second kappa shape index (κ2) is 31.0. The van der Waals surface area contributed by atoms with Crippen LogP contribution in [-0.2, 0) is 0 Å². The van der Waals surface area contributed by atoms with Crippen molar-refractivity contribution in [2.75, 3.05) is 11.5 Å². The Morgan fingerprint density at radius 2 is 1.27 bits per heavy atom. The Morgan fingerprint density at radius 3 is 1.55 bits per heavy atom. The fourth-order valence-corrected chi connectivity index (χ4v) is 2.03. The first kappa shape index (κ1) is 17.7. The Hall–Kier alpha value is 0.700. The Labute approximate surface area is 81.3 Å². The molecule has 2 heteroatoms. The maximum atomic E-state index is 2.21. The van der Waals surface area contributed by atoms with Crippen molar-refractivity contribution in [3.8, 4) is 0 Å². The summed E-state index contributed by atoms with van der Waals surface area (Å²) in [5.74, 6) is 2.54. The molecule has 0 saturated carbocycles. The highest BCUT2D eigenvalue weighted by molar-refractivity contribution is 8.76. The number of hydrogen-bond acceptors (Lipinski definition) is 2. The molecule has 0 nitrogen and oxygen atoms in total. The van der Waals surface area contributed by atoms with Crippen LogP contribution in [0.3, 0.4) is 0 Å². The minimum atomic E-state index is 1.24. The summed E-state index contributed by atoms with van der Waals surface area (Å²) in [7, 11) is 3.92. The molecular weight excluding hydrogens is 172 g/mol. The van der Waals surface area contributed by atoms with E-state index >= 15 is 0 Å². The van der Waals surface area contributed by atoms with E-state index in [0.717, 1.165) is 0 Å². The van der Waals surface area contributed by atoms with E-state index in [1.165, 1.54) is 17.9 Å². The molecule has 0 aliphatic rings. The van der Waals surface area contributed by atoms with Crippen molar-refractivity contribution < 1.29 is 0 Å². The standard InChI is InChI=1S/C5H12S2.2C2H6/c1-3-5-7-6-4-2;2*1-2/h3-5H2,1-2H3;2*1-2H3. The molecule has 0 spiro atoms. The number of rotatable bonds is 4. The van der Waals surface area contributed by atoms with Crippen molar-refractivity contribution >= 4 is 21.6 Å². The van der Waals surface area contributed by atoms with E-state index in [4.69, 9.17) is 0 Å². The Bertz CT molecular complexity index is 26.7. The molecule has 0 rings (SSSR count). The lowest BCUT2D eigenvalue weighted by atomic mass is 10.6. The van der Waals surface area contributed by atoms with Gasteiger partial charge in [-0.25, -0.2) is 0 Å².